The topological polar surface area (TPSA) is 55.6 Å². The Bertz CT molecular complexity index is 214. The Morgan fingerprint density at radius 2 is 2.36 bits per heavy atom. The molecule has 2 saturated heterocycles. The molecule has 2 aliphatic rings. The molecule has 14 heavy (non-hydrogen) atoms. The SMILES string of the molecule is NCC1CC(=O)N(CC2CCOC2)C1. The molecule has 2 unspecified atom stereocenters. The molecule has 4 heteroatoms. The van der Waals surface area contributed by atoms with Gasteiger partial charge >= 0.3 is 0 Å². The molecule has 0 aromatic heterocycles. The molecule has 80 valence electrons. The maximum Gasteiger partial charge on any atom is 0.222 e. The zero-order valence-corrected chi connectivity index (χ0v) is 8.45. The van der Waals surface area contributed by atoms with Crippen molar-refractivity contribution in [2.24, 2.45) is 17.6 Å². The molecular weight excluding hydrogens is 180 g/mol. The third-order valence-corrected chi connectivity index (χ3v) is 3.13. The summed E-state index contributed by atoms with van der Waals surface area (Å²) in [4.78, 5) is 13.5. The predicted molar refractivity (Wildman–Crippen MR) is 52.7 cm³/mol. The highest BCUT2D eigenvalue weighted by Crippen LogP contribution is 2.21. The van der Waals surface area contributed by atoms with Crippen LogP contribution in [0.5, 0.6) is 0 Å². The van der Waals surface area contributed by atoms with Crippen molar-refractivity contribution in [1.29, 1.82) is 0 Å². The summed E-state index contributed by atoms with van der Waals surface area (Å²) < 4.78 is 5.29. The van der Waals surface area contributed by atoms with E-state index in [9.17, 15) is 4.79 Å². The number of ether oxygens (including phenoxy) is 1. The molecule has 1 amide bonds. The molecule has 0 saturated carbocycles. The van der Waals surface area contributed by atoms with Crippen molar-refractivity contribution in [1.82, 2.24) is 4.90 Å². The Morgan fingerprint density at radius 1 is 1.50 bits per heavy atom. The van der Waals surface area contributed by atoms with E-state index < -0.39 is 0 Å². The van der Waals surface area contributed by atoms with Crippen LogP contribution >= 0.6 is 0 Å². The smallest absolute Gasteiger partial charge is 0.222 e. The third kappa shape index (κ3) is 2.07. The molecule has 0 aliphatic carbocycles. The lowest BCUT2D eigenvalue weighted by molar-refractivity contribution is -0.128. The molecule has 2 fully saturated rings. The summed E-state index contributed by atoms with van der Waals surface area (Å²) in [6.45, 7) is 4.02. The zero-order chi connectivity index (χ0) is 9.97. The molecule has 0 bridgehead atoms. The molecule has 0 aromatic rings. The second-order valence-corrected chi connectivity index (χ2v) is 4.33. The molecule has 0 radical (unpaired) electrons. The van der Waals surface area contributed by atoms with Crippen molar-refractivity contribution in [2.45, 2.75) is 12.8 Å². The van der Waals surface area contributed by atoms with Crippen molar-refractivity contribution in [3.8, 4) is 0 Å². The van der Waals surface area contributed by atoms with E-state index in [2.05, 4.69) is 0 Å². The van der Waals surface area contributed by atoms with Gasteiger partial charge in [-0.15, -0.1) is 0 Å². The Kier molecular flexibility index (Phi) is 3.03. The van der Waals surface area contributed by atoms with Gasteiger partial charge in [-0.3, -0.25) is 4.79 Å². The van der Waals surface area contributed by atoms with Crippen LogP contribution in [0, 0.1) is 11.8 Å². The average Bonchev–Trinajstić information content (AvgIpc) is 2.78. The second-order valence-electron chi connectivity index (χ2n) is 4.33. The van der Waals surface area contributed by atoms with Gasteiger partial charge in [-0.05, 0) is 18.9 Å². The van der Waals surface area contributed by atoms with E-state index in [0.717, 1.165) is 32.7 Å². The predicted octanol–water partition coefficient (Wildman–Crippen LogP) is -0.170. The zero-order valence-electron chi connectivity index (χ0n) is 8.45. The van der Waals surface area contributed by atoms with Crippen LogP contribution in [0.25, 0.3) is 0 Å². The minimum Gasteiger partial charge on any atom is -0.381 e. The number of hydrogen-bond acceptors (Lipinski definition) is 3. The van der Waals surface area contributed by atoms with Crippen molar-refractivity contribution in [2.75, 3.05) is 32.8 Å². The monoisotopic (exact) mass is 198 g/mol. The molecule has 2 N–H and O–H groups in total. The quantitative estimate of drug-likeness (QED) is 0.685. The first-order chi connectivity index (χ1) is 6.79. The van der Waals surface area contributed by atoms with Gasteiger partial charge in [0.05, 0.1) is 6.61 Å². The fraction of sp³-hybridized carbons (Fsp3) is 0.900. The maximum atomic E-state index is 11.6. The molecule has 4 nitrogen and oxygen atoms in total. The molecule has 0 spiro atoms. The first-order valence-corrected chi connectivity index (χ1v) is 5.35. The second kappa shape index (κ2) is 4.28. The van der Waals surface area contributed by atoms with Gasteiger partial charge in [0.25, 0.3) is 0 Å². The van der Waals surface area contributed by atoms with Crippen LogP contribution in [0.15, 0.2) is 0 Å². The van der Waals surface area contributed by atoms with Crippen LogP contribution in [0.1, 0.15) is 12.8 Å². The minimum atomic E-state index is 0.271. The van der Waals surface area contributed by atoms with Gasteiger partial charge < -0.3 is 15.4 Å². The summed E-state index contributed by atoms with van der Waals surface area (Å²) in [6.07, 6.45) is 1.74. The number of nitrogens with two attached hydrogens (primary N) is 1. The van der Waals surface area contributed by atoms with Crippen LogP contribution < -0.4 is 5.73 Å². The van der Waals surface area contributed by atoms with Gasteiger partial charge in [-0.2, -0.15) is 0 Å². The van der Waals surface area contributed by atoms with Crippen molar-refractivity contribution < 1.29 is 9.53 Å². The standard InChI is InChI=1S/C10H18N2O2/c11-4-9-3-10(13)12(6-9)5-8-1-2-14-7-8/h8-9H,1-7,11H2. The number of carbonyl (C=O) groups is 1. The Morgan fingerprint density at radius 3 is 2.93 bits per heavy atom. The van der Waals surface area contributed by atoms with Gasteiger partial charge in [0.15, 0.2) is 0 Å². The number of hydrogen-bond donors (Lipinski definition) is 1. The van der Waals surface area contributed by atoms with E-state index in [1.807, 2.05) is 4.90 Å². The Balaban J connectivity index is 1.82. The van der Waals surface area contributed by atoms with Gasteiger partial charge in [0.2, 0.25) is 5.91 Å². The van der Waals surface area contributed by atoms with Crippen molar-refractivity contribution >= 4 is 5.91 Å². The van der Waals surface area contributed by atoms with E-state index in [4.69, 9.17) is 10.5 Å². The van der Waals surface area contributed by atoms with Crippen LogP contribution in [0.4, 0.5) is 0 Å². The number of likely N-dealkylation sites (tertiary alicyclic amines) is 1. The highest BCUT2D eigenvalue weighted by atomic mass is 16.5. The van der Waals surface area contributed by atoms with Gasteiger partial charge in [0.1, 0.15) is 0 Å². The molecular formula is C10H18N2O2. The van der Waals surface area contributed by atoms with Crippen molar-refractivity contribution in [3.05, 3.63) is 0 Å². The van der Waals surface area contributed by atoms with E-state index >= 15 is 0 Å². The van der Waals surface area contributed by atoms with E-state index in [1.54, 1.807) is 0 Å². The van der Waals surface area contributed by atoms with E-state index in [-0.39, 0.29) is 5.91 Å². The van der Waals surface area contributed by atoms with Gasteiger partial charge in [-0.25, -0.2) is 0 Å². The lowest BCUT2D eigenvalue weighted by Crippen LogP contribution is -2.31. The largest absolute Gasteiger partial charge is 0.381 e. The summed E-state index contributed by atoms with van der Waals surface area (Å²) >= 11 is 0. The lowest BCUT2D eigenvalue weighted by atomic mass is 10.1. The lowest BCUT2D eigenvalue weighted by Gasteiger charge is -2.19. The van der Waals surface area contributed by atoms with E-state index in [1.165, 1.54) is 0 Å². The summed E-state index contributed by atoms with van der Waals surface area (Å²) in [6, 6.07) is 0. The number of carbonyl (C=O) groups excluding carboxylic acids is 1. The molecule has 2 atom stereocenters. The first-order valence-electron chi connectivity index (χ1n) is 5.35. The van der Waals surface area contributed by atoms with Crippen molar-refractivity contribution in [3.63, 3.8) is 0 Å². The van der Waals surface area contributed by atoms with Crippen LogP contribution in [0.3, 0.4) is 0 Å². The number of rotatable bonds is 3. The van der Waals surface area contributed by atoms with Crippen LogP contribution in [-0.2, 0) is 9.53 Å². The summed E-state index contributed by atoms with van der Waals surface area (Å²) in [5.74, 6) is 1.20. The maximum absolute atomic E-state index is 11.6. The van der Waals surface area contributed by atoms with Crippen LogP contribution in [0.2, 0.25) is 0 Å². The minimum absolute atomic E-state index is 0.271. The average molecular weight is 198 g/mol. The Hall–Kier alpha value is -0.610. The number of amides is 1. The highest BCUT2D eigenvalue weighted by Gasteiger charge is 2.30. The van der Waals surface area contributed by atoms with Gasteiger partial charge in [-0.1, -0.05) is 0 Å². The summed E-state index contributed by atoms with van der Waals surface area (Å²) in [5.41, 5.74) is 5.56. The summed E-state index contributed by atoms with van der Waals surface area (Å²) in [7, 11) is 0. The normalized spacial score (nSPS) is 32.9. The summed E-state index contributed by atoms with van der Waals surface area (Å²) in [5, 5.41) is 0. The van der Waals surface area contributed by atoms with Crippen LogP contribution in [-0.4, -0.2) is 43.7 Å². The third-order valence-electron chi connectivity index (χ3n) is 3.13. The number of nitrogens with zero attached hydrogens (tertiary/aromatic N) is 1. The fourth-order valence-corrected chi connectivity index (χ4v) is 2.23. The molecule has 0 aromatic carbocycles. The molecule has 2 heterocycles. The first kappa shape index (κ1) is 9.93. The Labute approximate surface area is 84.4 Å². The highest BCUT2D eigenvalue weighted by molar-refractivity contribution is 5.78. The van der Waals surface area contributed by atoms with Gasteiger partial charge in [0, 0.05) is 32.0 Å². The van der Waals surface area contributed by atoms with E-state index in [0.29, 0.717) is 24.8 Å². The molecule has 2 rings (SSSR count). The fourth-order valence-electron chi connectivity index (χ4n) is 2.23. The molecule has 2 aliphatic heterocycles.